The number of carbonyl (C=O) groups excluding carboxylic acids is 2. The number of methoxy groups -OCH3 is 2. The summed E-state index contributed by atoms with van der Waals surface area (Å²) < 4.78 is 33.0. The zero-order valence-corrected chi connectivity index (χ0v) is 24.4. The predicted molar refractivity (Wildman–Crippen MR) is 161 cm³/mol. The van der Waals surface area contributed by atoms with Gasteiger partial charge in [0.2, 0.25) is 5.88 Å². The van der Waals surface area contributed by atoms with Gasteiger partial charge in [-0.3, -0.25) is 9.59 Å². The zero-order chi connectivity index (χ0) is 29.8. The zero-order valence-electron chi connectivity index (χ0n) is 22.9. The Balaban J connectivity index is 1.64. The van der Waals surface area contributed by atoms with Gasteiger partial charge in [-0.25, -0.2) is 4.39 Å². The highest BCUT2D eigenvalue weighted by Gasteiger charge is 2.25. The number of rotatable bonds is 8. The van der Waals surface area contributed by atoms with Crippen molar-refractivity contribution >= 4 is 33.5 Å². The van der Waals surface area contributed by atoms with E-state index >= 15 is 0 Å². The average molecular weight is 630 g/mol. The van der Waals surface area contributed by atoms with E-state index in [2.05, 4.69) is 21.2 Å². The molecule has 1 amide bonds. The minimum absolute atomic E-state index is 0.101. The highest BCUT2D eigenvalue weighted by Crippen LogP contribution is 2.43. The molecule has 0 spiro atoms. The molecule has 0 fully saturated rings. The Kier molecular flexibility index (Phi) is 8.35. The van der Waals surface area contributed by atoms with Gasteiger partial charge in [0.05, 0.1) is 25.5 Å². The lowest BCUT2D eigenvalue weighted by molar-refractivity contribution is -0.132. The summed E-state index contributed by atoms with van der Waals surface area (Å²) in [6.45, 7) is 1.28. The van der Waals surface area contributed by atoms with Gasteiger partial charge in [-0.15, -0.1) is 0 Å². The normalized spacial score (nSPS) is 10.7. The van der Waals surface area contributed by atoms with Crippen LogP contribution in [-0.4, -0.2) is 35.9 Å². The predicted octanol–water partition coefficient (Wildman–Crippen LogP) is 7.30. The first kappa shape index (κ1) is 28.6. The second kappa shape index (κ2) is 12.3. The Morgan fingerprint density at radius 3 is 2.24 bits per heavy atom. The van der Waals surface area contributed by atoms with Crippen molar-refractivity contribution in [2.75, 3.05) is 19.5 Å². The summed E-state index contributed by atoms with van der Waals surface area (Å²) in [7, 11) is 3.07. The third kappa shape index (κ3) is 6.03. The van der Waals surface area contributed by atoms with Crippen LogP contribution >= 0.6 is 15.9 Å². The van der Waals surface area contributed by atoms with Crippen LogP contribution in [0.1, 0.15) is 17.3 Å². The van der Waals surface area contributed by atoms with Gasteiger partial charge in [-0.1, -0.05) is 40.2 Å². The maximum Gasteiger partial charge on any atom is 0.309 e. The fourth-order valence-electron chi connectivity index (χ4n) is 4.41. The third-order valence-electron chi connectivity index (χ3n) is 6.31. The Labute approximate surface area is 249 Å². The number of nitrogens with one attached hydrogen (secondary N) is 1. The minimum atomic E-state index is -0.578. The highest BCUT2D eigenvalue weighted by molar-refractivity contribution is 9.10. The maximum absolute atomic E-state index is 14.3. The van der Waals surface area contributed by atoms with E-state index in [-0.39, 0.29) is 11.8 Å². The van der Waals surface area contributed by atoms with E-state index in [1.54, 1.807) is 72.8 Å². The molecule has 10 heteroatoms. The molecule has 4 aromatic carbocycles. The molecular formula is C32H25BrFN3O5. The van der Waals surface area contributed by atoms with Gasteiger partial charge >= 0.3 is 5.97 Å². The van der Waals surface area contributed by atoms with E-state index in [1.807, 2.05) is 6.07 Å². The van der Waals surface area contributed by atoms with Crippen LogP contribution in [0.4, 0.5) is 10.1 Å². The first-order valence-electron chi connectivity index (χ1n) is 12.7. The summed E-state index contributed by atoms with van der Waals surface area (Å²) in [5, 5.41) is 7.66. The van der Waals surface area contributed by atoms with Gasteiger partial charge in [0, 0.05) is 28.2 Å². The topological polar surface area (TPSA) is 91.7 Å². The molecule has 1 N–H and O–H groups in total. The first-order chi connectivity index (χ1) is 20.3. The Bertz CT molecular complexity index is 1790. The number of amides is 1. The highest BCUT2D eigenvalue weighted by atomic mass is 79.9. The van der Waals surface area contributed by atoms with Crippen LogP contribution in [0.15, 0.2) is 95.5 Å². The molecule has 5 rings (SSSR count). The lowest BCUT2D eigenvalue weighted by Crippen LogP contribution is -2.11. The van der Waals surface area contributed by atoms with Crippen molar-refractivity contribution < 1.29 is 28.2 Å². The fourth-order valence-corrected chi connectivity index (χ4v) is 4.81. The quantitative estimate of drug-likeness (QED) is 0.181. The van der Waals surface area contributed by atoms with E-state index < -0.39 is 11.8 Å². The molecule has 0 unspecified atom stereocenters. The number of hydrogen-bond acceptors (Lipinski definition) is 6. The molecule has 0 atom stereocenters. The number of halogens is 2. The van der Waals surface area contributed by atoms with Crippen LogP contribution in [-0.2, 0) is 4.79 Å². The Morgan fingerprint density at radius 2 is 1.57 bits per heavy atom. The number of carbonyl (C=O) groups is 2. The van der Waals surface area contributed by atoms with Gasteiger partial charge < -0.3 is 19.5 Å². The van der Waals surface area contributed by atoms with Crippen molar-refractivity contribution in [1.29, 1.82) is 0 Å². The Hall–Kier alpha value is -4.96. The summed E-state index contributed by atoms with van der Waals surface area (Å²) >= 11 is 3.38. The average Bonchev–Trinajstić information content (AvgIpc) is 3.35. The molecule has 212 valence electrons. The van der Waals surface area contributed by atoms with Crippen LogP contribution < -0.4 is 19.5 Å². The number of aromatic nitrogens is 2. The standard InChI is InChI=1S/C32H25BrFN3O5/c1-19(38)42-32-29(20-10-13-25(14-11-20)35-31(39)22-6-4-7-23(33)16-22)30(21-12-15-27(40-2)28(17-21)41-3)36-37(32)26-9-5-8-24(34)18-26/h4-18H,1-3H3,(H,35,39). The Morgan fingerprint density at radius 1 is 0.857 bits per heavy atom. The summed E-state index contributed by atoms with van der Waals surface area (Å²) in [5.41, 5.74) is 3.61. The van der Waals surface area contributed by atoms with Crippen molar-refractivity contribution in [2.45, 2.75) is 6.92 Å². The van der Waals surface area contributed by atoms with Crippen molar-refractivity contribution in [3.8, 4) is 45.5 Å². The number of anilines is 1. The molecule has 0 radical (unpaired) electrons. The van der Waals surface area contributed by atoms with Crippen molar-refractivity contribution in [3.63, 3.8) is 0 Å². The van der Waals surface area contributed by atoms with Gasteiger partial charge in [0.25, 0.3) is 5.91 Å². The third-order valence-corrected chi connectivity index (χ3v) is 6.80. The molecule has 0 aliphatic rings. The maximum atomic E-state index is 14.3. The second-order valence-corrected chi connectivity index (χ2v) is 10.0. The van der Waals surface area contributed by atoms with Crippen LogP contribution in [0.2, 0.25) is 0 Å². The van der Waals surface area contributed by atoms with Crippen LogP contribution in [0.25, 0.3) is 28.1 Å². The van der Waals surface area contributed by atoms with Crippen LogP contribution in [0, 0.1) is 5.82 Å². The van der Waals surface area contributed by atoms with Gasteiger partial charge in [-0.2, -0.15) is 9.78 Å². The summed E-state index contributed by atoms with van der Waals surface area (Å²) in [5.74, 6) is -0.223. The van der Waals surface area contributed by atoms with Crippen molar-refractivity contribution in [3.05, 3.63) is 107 Å². The molecule has 0 aliphatic heterocycles. The molecule has 0 saturated heterocycles. The largest absolute Gasteiger partial charge is 0.493 e. The van der Waals surface area contributed by atoms with E-state index in [1.165, 1.54) is 38.0 Å². The number of ether oxygens (including phenoxy) is 3. The number of esters is 1. The monoisotopic (exact) mass is 629 g/mol. The van der Waals surface area contributed by atoms with Crippen LogP contribution in [0.3, 0.4) is 0 Å². The molecule has 42 heavy (non-hydrogen) atoms. The van der Waals surface area contributed by atoms with E-state index in [0.29, 0.717) is 50.8 Å². The van der Waals surface area contributed by atoms with Crippen LogP contribution in [0.5, 0.6) is 17.4 Å². The van der Waals surface area contributed by atoms with E-state index in [0.717, 1.165) is 4.47 Å². The smallest absolute Gasteiger partial charge is 0.309 e. The lowest BCUT2D eigenvalue weighted by atomic mass is 10.0. The van der Waals surface area contributed by atoms with E-state index in [4.69, 9.17) is 19.3 Å². The number of nitrogens with zero attached hydrogens (tertiary/aromatic N) is 2. The number of benzene rings is 4. The SMILES string of the molecule is COc1ccc(-c2nn(-c3cccc(F)c3)c(OC(C)=O)c2-c2ccc(NC(=O)c3cccc(Br)c3)cc2)cc1OC. The lowest BCUT2D eigenvalue weighted by Gasteiger charge is -2.11. The van der Waals surface area contributed by atoms with Gasteiger partial charge in [0.1, 0.15) is 11.5 Å². The molecular weight excluding hydrogens is 605 g/mol. The molecule has 0 aliphatic carbocycles. The minimum Gasteiger partial charge on any atom is -0.493 e. The fraction of sp³-hybridized carbons (Fsp3) is 0.0938. The summed E-state index contributed by atoms with van der Waals surface area (Å²) in [6, 6.07) is 25.2. The van der Waals surface area contributed by atoms with Gasteiger partial charge in [-0.05, 0) is 72.3 Å². The summed E-state index contributed by atoms with van der Waals surface area (Å²) in [6.07, 6.45) is 0. The molecule has 8 nitrogen and oxygen atoms in total. The van der Waals surface area contributed by atoms with E-state index in [9.17, 15) is 14.0 Å². The second-order valence-electron chi connectivity index (χ2n) is 9.13. The molecule has 1 heterocycles. The van der Waals surface area contributed by atoms with Crippen molar-refractivity contribution in [1.82, 2.24) is 9.78 Å². The molecule has 0 bridgehead atoms. The van der Waals surface area contributed by atoms with Gasteiger partial charge in [0.15, 0.2) is 11.5 Å². The number of hydrogen-bond donors (Lipinski definition) is 1. The summed E-state index contributed by atoms with van der Waals surface area (Å²) in [4.78, 5) is 25.1. The molecule has 0 saturated carbocycles. The molecule has 5 aromatic rings. The molecule has 1 aromatic heterocycles. The van der Waals surface area contributed by atoms with Crippen molar-refractivity contribution in [2.24, 2.45) is 0 Å². The first-order valence-corrected chi connectivity index (χ1v) is 13.5.